The molecule has 2 N–H and O–H groups in total. The van der Waals surface area contributed by atoms with E-state index >= 15 is 0 Å². The zero-order valence-corrected chi connectivity index (χ0v) is 11.7. The zero-order valence-electron chi connectivity index (χ0n) is 11.7. The minimum absolute atomic E-state index is 0.0480. The van der Waals surface area contributed by atoms with Crippen molar-refractivity contribution in [2.75, 3.05) is 25.5 Å². The summed E-state index contributed by atoms with van der Waals surface area (Å²) in [6, 6.07) is 8.40. The highest BCUT2D eigenvalue weighted by Crippen LogP contribution is 2.13. The standard InChI is InChI=1S/C14H23N3O/c1-11(2)16-14(18)10-17(4)13-7-5-12(6-8-13)9-15-3/h5-8,11,15H,9-10H2,1-4H3,(H,16,18). The van der Waals surface area contributed by atoms with E-state index in [0.717, 1.165) is 12.2 Å². The van der Waals surface area contributed by atoms with Gasteiger partial charge in [-0.05, 0) is 38.6 Å². The van der Waals surface area contributed by atoms with E-state index in [9.17, 15) is 4.79 Å². The van der Waals surface area contributed by atoms with E-state index in [1.807, 2.05) is 45.0 Å². The van der Waals surface area contributed by atoms with Gasteiger partial charge in [0.15, 0.2) is 0 Å². The fraction of sp³-hybridized carbons (Fsp3) is 0.500. The molecule has 4 heteroatoms. The average molecular weight is 249 g/mol. The van der Waals surface area contributed by atoms with E-state index in [1.165, 1.54) is 5.56 Å². The van der Waals surface area contributed by atoms with E-state index in [4.69, 9.17) is 0 Å². The number of carbonyl (C=O) groups excluding carboxylic acids is 1. The second kappa shape index (κ2) is 7.01. The molecule has 0 heterocycles. The number of nitrogens with zero attached hydrogens (tertiary/aromatic N) is 1. The second-order valence-corrected chi connectivity index (χ2v) is 4.78. The van der Waals surface area contributed by atoms with Crippen molar-refractivity contribution < 1.29 is 4.79 Å². The van der Waals surface area contributed by atoms with E-state index in [2.05, 4.69) is 22.8 Å². The zero-order chi connectivity index (χ0) is 13.5. The van der Waals surface area contributed by atoms with Crippen LogP contribution in [0.4, 0.5) is 5.69 Å². The molecule has 0 bridgehead atoms. The number of hydrogen-bond acceptors (Lipinski definition) is 3. The Hall–Kier alpha value is -1.55. The Morgan fingerprint density at radius 2 is 1.89 bits per heavy atom. The molecule has 0 saturated carbocycles. The highest BCUT2D eigenvalue weighted by molar-refractivity contribution is 5.81. The number of anilines is 1. The van der Waals surface area contributed by atoms with Crippen LogP contribution in [-0.2, 0) is 11.3 Å². The van der Waals surface area contributed by atoms with Gasteiger partial charge in [-0.15, -0.1) is 0 Å². The van der Waals surface area contributed by atoms with Gasteiger partial charge in [-0.1, -0.05) is 12.1 Å². The summed E-state index contributed by atoms with van der Waals surface area (Å²) in [4.78, 5) is 13.6. The topological polar surface area (TPSA) is 44.4 Å². The van der Waals surface area contributed by atoms with Gasteiger partial charge in [-0.2, -0.15) is 0 Å². The smallest absolute Gasteiger partial charge is 0.239 e. The SMILES string of the molecule is CNCc1ccc(N(C)CC(=O)NC(C)C)cc1. The average Bonchev–Trinajstić information content (AvgIpc) is 2.29. The molecule has 1 aromatic carbocycles. The summed E-state index contributed by atoms with van der Waals surface area (Å²) < 4.78 is 0. The van der Waals surface area contributed by atoms with Crippen molar-refractivity contribution in [3.05, 3.63) is 29.8 Å². The van der Waals surface area contributed by atoms with Crippen LogP contribution in [0.5, 0.6) is 0 Å². The summed E-state index contributed by atoms with van der Waals surface area (Å²) in [7, 11) is 3.85. The monoisotopic (exact) mass is 249 g/mol. The molecule has 0 spiro atoms. The first-order chi connectivity index (χ1) is 8.52. The van der Waals surface area contributed by atoms with Crippen LogP contribution in [0.25, 0.3) is 0 Å². The molecule has 0 aromatic heterocycles. The van der Waals surface area contributed by atoms with Gasteiger partial charge < -0.3 is 15.5 Å². The largest absolute Gasteiger partial charge is 0.365 e. The predicted octanol–water partition coefficient (Wildman–Crippen LogP) is 1.37. The first-order valence-corrected chi connectivity index (χ1v) is 6.27. The van der Waals surface area contributed by atoms with Crippen molar-refractivity contribution in [2.24, 2.45) is 0 Å². The number of rotatable bonds is 6. The number of nitrogens with one attached hydrogen (secondary N) is 2. The number of carbonyl (C=O) groups is 1. The minimum Gasteiger partial charge on any atom is -0.365 e. The van der Waals surface area contributed by atoms with Gasteiger partial charge in [0, 0.05) is 25.3 Å². The van der Waals surface area contributed by atoms with Gasteiger partial charge in [-0.25, -0.2) is 0 Å². The first-order valence-electron chi connectivity index (χ1n) is 6.27. The molecule has 1 amide bonds. The molecule has 0 saturated heterocycles. The third-order valence-corrected chi connectivity index (χ3v) is 2.59. The van der Waals surface area contributed by atoms with Crippen LogP contribution < -0.4 is 15.5 Å². The van der Waals surface area contributed by atoms with E-state index in [1.54, 1.807) is 0 Å². The second-order valence-electron chi connectivity index (χ2n) is 4.78. The lowest BCUT2D eigenvalue weighted by atomic mass is 10.2. The molecule has 0 fully saturated rings. The van der Waals surface area contributed by atoms with Gasteiger partial charge in [0.25, 0.3) is 0 Å². The summed E-state index contributed by atoms with van der Waals surface area (Å²) in [5.41, 5.74) is 2.29. The lowest BCUT2D eigenvalue weighted by Gasteiger charge is -2.20. The summed E-state index contributed by atoms with van der Waals surface area (Å²) >= 11 is 0. The van der Waals surface area contributed by atoms with Crippen LogP contribution in [0.15, 0.2) is 24.3 Å². The molecule has 18 heavy (non-hydrogen) atoms. The van der Waals surface area contributed by atoms with Gasteiger partial charge in [0.2, 0.25) is 5.91 Å². The Labute approximate surface area is 109 Å². The molecule has 0 aliphatic carbocycles. The quantitative estimate of drug-likeness (QED) is 0.800. The molecule has 4 nitrogen and oxygen atoms in total. The summed E-state index contributed by atoms with van der Waals surface area (Å²) in [5.74, 6) is 0.0480. The Morgan fingerprint density at radius 1 is 1.28 bits per heavy atom. The molecular weight excluding hydrogens is 226 g/mol. The maximum Gasteiger partial charge on any atom is 0.239 e. The lowest BCUT2D eigenvalue weighted by Crippen LogP contribution is -2.38. The van der Waals surface area contributed by atoms with Crippen LogP contribution in [0.1, 0.15) is 19.4 Å². The third-order valence-electron chi connectivity index (χ3n) is 2.59. The van der Waals surface area contributed by atoms with E-state index in [-0.39, 0.29) is 11.9 Å². The van der Waals surface area contributed by atoms with Crippen molar-refractivity contribution >= 4 is 11.6 Å². The Morgan fingerprint density at radius 3 is 2.39 bits per heavy atom. The molecular formula is C14H23N3O. The number of hydrogen-bond donors (Lipinski definition) is 2. The van der Waals surface area contributed by atoms with Crippen LogP contribution in [-0.4, -0.2) is 32.6 Å². The predicted molar refractivity (Wildman–Crippen MR) is 75.8 cm³/mol. The molecule has 0 aliphatic heterocycles. The molecule has 1 aromatic rings. The Balaban J connectivity index is 2.55. The molecule has 0 unspecified atom stereocenters. The first kappa shape index (κ1) is 14.5. The van der Waals surface area contributed by atoms with Gasteiger partial charge in [-0.3, -0.25) is 4.79 Å². The van der Waals surface area contributed by atoms with Crippen LogP contribution in [0.3, 0.4) is 0 Å². The fourth-order valence-electron chi connectivity index (χ4n) is 1.75. The van der Waals surface area contributed by atoms with Crippen molar-refractivity contribution in [3.63, 3.8) is 0 Å². The molecule has 0 aliphatic rings. The number of amides is 1. The molecule has 0 atom stereocenters. The number of benzene rings is 1. The van der Waals surface area contributed by atoms with Crippen molar-refractivity contribution in [1.82, 2.24) is 10.6 Å². The normalized spacial score (nSPS) is 10.5. The molecule has 1 rings (SSSR count). The number of likely N-dealkylation sites (N-methyl/N-ethyl adjacent to an activating group) is 1. The maximum absolute atomic E-state index is 11.6. The third kappa shape index (κ3) is 4.75. The van der Waals surface area contributed by atoms with Crippen LogP contribution >= 0.6 is 0 Å². The van der Waals surface area contributed by atoms with E-state index in [0.29, 0.717) is 6.54 Å². The summed E-state index contributed by atoms with van der Waals surface area (Å²) in [6.07, 6.45) is 0. The fourth-order valence-corrected chi connectivity index (χ4v) is 1.75. The minimum atomic E-state index is 0.0480. The molecule has 100 valence electrons. The molecule has 0 radical (unpaired) electrons. The van der Waals surface area contributed by atoms with Crippen molar-refractivity contribution in [2.45, 2.75) is 26.4 Å². The Kier molecular flexibility index (Phi) is 5.65. The van der Waals surface area contributed by atoms with Gasteiger partial charge in [0.1, 0.15) is 0 Å². The van der Waals surface area contributed by atoms with Gasteiger partial charge in [0.05, 0.1) is 6.54 Å². The van der Waals surface area contributed by atoms with Crippen LogP contribution in [0, 0.1) is 0 Å². The summed E-state index contributed by atoms with van der Waals surface area (Å²) in [5, 5.41) is 5.99. The van der Waals surface area contributed by atoms with Gasteiger partial charge >= 0.3 is 0 Å². The van der Waals surface area contributed by atoms with Crippen molar-refractivity contribution in [1.29, 1.82) is 0 Å². The Bertz CT molecular complexity index is 373. The van der Waals surface area contributed by atoms with E-state index < -0.39 is 0 Å². The maximum atomic E-state index is 11.6. The highest BCUT2D eigenvalue weighted by Gasteiger charge is 2.08. The highest BCUT2D eigenvalue weighted by atomic mass is 16.2. The van der Waals surface area contributed by atoms with Crippen LogP contribution in [0.2, 0.25) is 0 Å². The summed E-state index contributed by atoms with van der Waals surface area (Å²) in [6.45, 7) is 5.16. The lowest BCUT2D eigenvalue weighted by molar-refractivity contribution is -0.120. The van der Waals surface area contributed by atoms with Crippen molar-refractivity contribution in [3.8, 4) is 0 Å².